The molecule has 27 heavy (non-hydrogen) atoms. The number of ether oxygens (including phenoxy) is 2. The van der Waals surface area contributed by atoms with Gasteiger partial charge in [-0.15, -0.1) is 0 Å². The summed E-state index contributed by atoms with van der Waals surface area (Å²) in [5, 5.41) is 0. The van der Waals surface area contributed by atoms with E-state index >= 15 is 0 Å². The van der Waals surface area contributed by atoms with Crippen LogP contribution >= 0.6 is 0 Å². The first-order chi connectivity index (χ1) is 13.1. The molecule has 0 spiro atoms. The SMILES string of the molecule is CC(C)N=C(C=CN)c1ncccc1COc1ccc2c(c1C=O)CCO2. The Morgan fingerprint density at radius 3 is 3.00 bits per heavy atom. The molecule has 2 aromatic rings. The predicted molar refractivity (Wildman–Crippen MR) is 105 cm³/mol. The fraction of sp³-hybridized carbons (Fsp3) is 0.286. The second kappa shape index (κ2) is 8.49. The Bertz CT molecular complexity index is 888. The maximum Gasteiger partial charge on any atom is 0.154 e. The third-order valence-electron chi connectivity index (χ3n) is 4.17. The van der Waals surface area contributed by atoms with E-state index in [1.54, 1.807) is 18.3 Å². The molecule has 1 aliphatic rings. The average molecular weight is 365 g/mol. The van der Waals surface area contributed by atoms with Gasteiger partial charge in [-0.05, 0) is 44.3 Å². The van der Waals surface area contributed by atoms with E-state index in [2.05, 4.69) is 9.98 Å². The molecule has 140 valence electrons. The highest BCUT2D eigenvalue weighted by atomic mass is 16.5. The van der Waals surface area contributed by atoms with Crippen molar-refractivity contribution in [2.75, 3.05) is 6.61 Å². The maximum absolute atomic E-state index is 11.6. The first kappa shape index (κ1) is 18.6. The lowest BCUT2D eigenvalue weighted by Crippen LogP contribution is -2.11. The first-order valence-electron chi connectivity index (χ1n) is 8.91. The Morgan fingerprint density at radius 1 is 1.41 bits per heavy atom. The lowest BCUT2D eigenvalue weighted by atomic mass is 10.0. The summed E-state index contributed by atoms with van der Waals surface area (Å²) >= 11 is 0. The number of aldehydes is 1. The van der Waals surface area contributed by atoms with Crippen LogP contribution in [0.25, 0.3) is 0 Å². The number of pyridine rings is 1. The highest BCUT2D eigenvalue weighted by molar-refractivity contribution is 6.08. The number of allylic oxidation sites excluding steroid dienone is 1. The van der Waals surface area contributed by atoms with Gasteiger partial charge in [0.15, 0.2) is 6.29 Å². The molecule has 6 heteroatoms. The Kier molecular flexibility index (Phi) is 5.86. The van der Waals surface area contributed by atoms with Crippen molar-refractivity contribution >= 4 is 12.0 Å². The van der Waals surface area contributed by atoms with Gasteiger partial charge in [0.1, 0.15) is 18.1 Å². The number of fused-ring (bicyclic) bond motifs is 1. The highest BCUT2D eigenvalue weighted by Gasteiger charge is 2.20. The molecular weight excluding hydrogens is 342 g/mol. The van der Waals surface area contributed by atoms with Crippen molar-refractivity contribution < 1.29 is 14.3 Å². The molecule has 1 aliphatic heterocycles. The molecule has 0 aliphatic carbocycles. The number of nitrogens with two attached hydrogens (primary N) is 1. The van der Waals surface area contributed by atoms with Crippen molar-refractivity contribution in [3.63, 3.8) is 0 Å². The van der Waals surface area contributed by atoms with Gasteiger partial charge in [0.05, 0.1) is 23.6 Å². The van der Waals surface area contributed by atoms with Crippen LogP contribution in [0.15, 0.2) is 47.7 Å². The zero-order valence-corrected chi connectivity index (χ0v) is 15.5. The molecule has 0 radical (unpaired) electrons. The summed E-state index contributed by atoms with van der Waals surface area (Å²) in [6, 6.07) is 7.49. The fourth-order valence-electron chi connectivity index (χ4n) is 3.03. The van der Waals surface area contributed by atoms with E-state index in [0.29, 0.717) is 35.7 Å². The Balaban J connectivity index is 1.89. The highest BCUT2D eigenvalue weighted by Crippen LogP contribution is 2.33. The minimum atomic E-state index is 0.102. The summed E-state index contributed by atoms with van der Waals surface area (Å²) in [5.41, 5.74) is 9.31. The van der Waals surface area contributed by atoms with Crippen LogP contribution in [0.3, 0.4) is 0 Å². The Morgan fingerprint density at radius 2 is 2.26 bits per heavy atom. The number of nitrogens with zero attached hydrogens (tertiary/aromatic N) is 2. The van der Waals surface area contributed by atoms with Crippen LogP contribution in [0.1, 0.15) is 41.0 Å². The Labute approximate surface area is 158 Å². The third-order valence-corrected chi connectivity index (χ3v) is 4.17. The molecule has 2 N–H and O–H groups in total. The number of aliphatic imine (C=N–C) groups is 1. The lowest BCUT2D eigenvalue weighted by molar-refractivity contribution is 0.111. The molecule has 0 amide bonds. The van der Waals surface area contributed by atoms with E-state index in [1.807, 2.05) is 32.0 Å². The molecule has 1 aromatic heterocycles. The molecule has 0 saturated heterocycles. The number of hydrogen-bond acceptors (Lipinski definition) is 6. The van der Waals surface area contributed by atoms with E-state index in [4.69, 9.17) is 15.2 Å². The van der Waals surface area contributed by atoms with Crippen molar-refractivity contribution in [3.8, 4) is 11.5 Å². The van der Waals surface area contributed by atoms with Gasteiger partial charge in [0.2, 0.25) is 0 Å². The Hall–Kier alpha value is -3.15. The number of benzene rings is 1. The van der Waals surface area contributed by atoms with E-state index in [-0.39, 0.29) is 12.6 Å². The summed E-state index contributed by atoms with van der Waals surface area (Å²) < 4.78 is 11.5. The van der Waals surface area contributed by atoms with E-state index < -0.39 is 0 Å². The van der Waals surface area contributed by atoms with Gasteiger partial charge in [-0.2, -0.15) is 0 Å². The normalized spacial score (nSPS) is 13.7. The molecule has 2 heterocycles. The molecule has 0 bridgehead atoms. The second-order valence-electron chi connectivity index (χ2n) is 6.44. The monoisotopic (exact) mass is 365 g/mol. The number of hydrogen-bond donors (Lipinski definition) is 1. The van der Waals surface area contributed by atoms with Gasteiger partial charge in [0.25, 0.3) is 0 Å². The summed E-state index contributed by atoms with van der Waals surface area (Å²) in [7, 11) is 0. The lowest BCUT2D eigenvalue weighted by Gasteiger charge is -2.13. The molecule has 0 unspecified atom stereocenters. The quantitative estimate of drug-likeness (QED) is 0.602. The van der Waals surface area contributed by atoms with Crippen LogP contribution < -0.4 is 15.2 Å². The van der Waals surface area contributed by atoms with Gasteiger partial charge in [0, 0.05) is 29.8 Å². The third kappa shape index (κ3) is 4.16. The smallest absolute Gasteiger partial charge is 0.154 e. The zero-order valence-electron chi connectivity index (χ0n) is 15.5. The van der Waals surface area contributed by atoms with Gasteiger partial charge < -0.3 is 15.2 Å². The predicted octanol–water partition coefficient (Wildman–Crippen LogP) is 3.08. The van der Waals surface area contributed by atoms with Crippen molar-refractivity contribution in [1.82, 2.24) is 4.98 Å². The van der Waals surface area contributed by atoms with Crippen LogP contribution in [-0.4, -0.2) is 29.6 Å². The standard InChI is InChI=1S/C21H23N3O3/c1-14(2)24-18(7-9-22)21-15(4-3-10-23-21)13-27-20-6-5-19-16(8-11-26-19)17(20)12-25/h3-7,9-10,12,14H,8,11,13,22H2,1-2H3. The van der Waals surface area contributed by atoms with Crippen molar-refractivity contribution in [2.24, 2.45) is 10.7 Å². The van der Waals surface area contributed by atoms with Crippen molar-refractivity contribution in [3.05, 3.63) is 65.1 Å². The minimum Gasteiger partial charge on any atom is -0.493 e. The van der Waals surface area contributed by atoms with E-state index in [9.17, 15) is 4.79 Å². The largest absolute Gasteiger partial charge is 0.493 e. The van der Waals surface area contributed by atoms with Gasteiger partial charge in [-0.3, -0.25) is 14.8 Å². The summed E-state index contributed by atoms with van der Waals surface area (Å²) in [5.74, 6) is 1.30. The van der Waals surface area contributed by atoms with Gasteiger partial charge >= 0.3 is 0 Å². The summed E-state index contributed by atoms with van der Waals surface area (Å²) in [6.45, 7) is 4.84. The van der Waals surface area contributed by atoms with Gasteiger partial charge in [-0.25, -0.2) is 0 Å². The van der Waals surface area contributed by atoms with E-state index in [0.717, 1.165) is 23.2 Å². The van der Waals surface area contributed by atoms with Crippen LogP contribution in [0, 0.1) is 0 Å². The van der Waals surface area contributed by atoms with Crippen LogP contribution in [0.2, 0.25) is 0 Å². The molecule has 0 fully saturated rings. The van der Waals surface area contributed by atoms with Crippen LogP contribution in [0.5, 0.6) is 11.5 Å². The summed E-state index contributed by atoms with van der Waals surface area (Å²) in [4.78, 5) is 20.6. The zero-order chi connectivity index (χ0) is 19.2. The van der Waals surface area contributed by atoms with Gasteiger partial charge in [-0.1, -0.05) is 6.07 Å². The molecule has 0 saturated carbocycles. The maximum atomic E-state index is 11.6. The summed E-state index contributed by atoms with van der Waals surface area (Å²) in [6.07, 6.45) is 6.44. The molecule has 1 aromatic carbocycles. The molecular formula is C21H23N3O3. The number of carbonyl (C=O) groups is 1. The fourth-order valence-corrected chi connectivity index (χ4v) is 3.03. The van der Waals surface area contributed by atoms with Crippen molar-refractivity contribution in [2.45, 2.75) is 32.9 Å². The second-order valence-corrected chi connectivity index (χ2v) is 6.44. The molecule has 3 rings (SSSR count). The average Bonchev–Trinajstić information content (AvgIpc) is 3.14. The number of aromatic nitrogens is 1. The molecule has 6 nitrogen and oxygen atoms in total. The topological polar surface area (TPSA) is 86.8 Å². The van der Waals surface area contributed by atoms with Crippen LogP contribution in [0.4, 0.5) is 0 Å². The van der Waals surface area contributed by atoms with Crippen LogP contribution in [-0.2, 0) is 13.0 Å². The molecule has 0 atom stereocenters. The number of rotatable bonds is 7. The van der Waals surface area contributed by atoms with E-state index in [1.165, 1.54) is 6.20 Å². The minimum absolute atomic E-state index is 0.102. The number of carbonyl (C=O) groups excluding carboxylic acids is 1. The van der Waals surface area contributed by atoms with Crippen molar-refractivity contribution in [1.29, 1.82) is 0 Å². The first-order valence-corrected chi connectivity index (χ1v) is 8.91.